The van der Waals surface area contributed by atoms with Crippen molar-refractivity contribution in [3.05, 3.63) is 31.0 Å². The second kappa shape index (κ2) is 5.39. The molecule has 1 aliphatic heterocycles. The number of nitrogens with one attached hydrogen (secondary N) is 1. The van der Waals surface area contributed by atoms with Crippen LogP contribution in [-0.4, -0.2) is 37.3 Å². The molecule has 1 fully saturated rings. The molecule has 1 aliphatic rings. The van der Waals surface area contributed by atoms with Crippen LogP contribution in [0.25, 0.3) is 5.82 Å². The summed E-state index contributed by atoms with van der Waals surface area (Å²) in [5, 5.41) is 7.58. The molecule has 0 bridgehead atoms. The first-order valence-electron chi connectivity index (χ1n) is 6.07. The summed E-state index contributed by atoms with van der Waals surface area (Å²) < 4.78 is 1.65. The number of hydrogen-bond donors (Lipinski definition) is 1. The predicted octanol–water partition coefficient (Wildman–Crippen LogP) is 1.97. The number of nitrogens with zero attached hydrogens (tertiary/aromatic N) is 4. The van der Waals surface area contributed by atoms with Gasteiger partial charge in [-0.3, -0.25) is 0 Å². The van der Waals surface area contributed by atoms with Gasteiger partial charge in [0, 0.05) is 11.8 Å². The van der Waals surface area contributed by atoms with Crippen molar-refractivity contribution in [2.24, 2.45) is 0 Å². The van der Waals surface area contributed by atoms with Gasteiger partial charge in [0.25, 0.3) is 0 Å². The quantitative estimate of drug-likeness (QED) is 0.915. The van der Waals surface area contributed by atoms with Crippen LogP contribution in [0.2, 0.25) is 0 Å². The number of aromatic nitrogens is 4. The van der Waals surface area contributed by atoms with Gasteiger partial charge in [-0.2, -0.15) is 16.9 Å². The molecule has 1 N–H and O–H groups in total. The van der Waals surface area contributed by atoms with Gasteiger partial charge in [0.2, 0.25) is 0 Å². The van der Waals surface area contributed by atoms with Gasteiger partial charge in [-0.15, -0.1) is 0 Å². The zero-order valence-electron chi connectivity index (χ0n) is 9.99. The van der Waals surface area contributed by atoms with E-state index in [9.17, 15) is 0 Å². The van der Waals surface area contributed by atoms with Crippen molar-refractivity contribution in [3.8, 4) is 5.82 Å². The molecule has 0 spiro atoms. The summed E-state index contributed by atoms with van der Waals surface area (Å²) in [5.74, 6) is 3.27. The number of anilines is 1. The number of pyridine rings is 1. The number of rotatable bonds is 3. The highest BCUT2D eigenvalue weighted by Crippen LogP contribution is 2.20. The average molecular weight is 261 g/mol. The first-order valence-corrected chi connectivity index (χ1v) is 7.22. The van der Waals surface area contributed by atoms with E-state index < -0.39 is 0 Å². The fourth-order valence-electron chi connectivity index (χ4n) is 2.02. The summed E-state index contributed by atoms with van der Waals surface area (Å²) in [6, 6.07) is 4.57. The van der Waals surface area contributed by atoms with Crippen molar-refractivity contribution in [1.82, 2.24) is 19.7 Å². The van der Waals surface area contributed by atoms with Crippen LogP contribution in [0.3, 0.4) is 0 Å². The molecule has 1 unspecified atom stereocenters. The van der Waals surface area contributed by atoms with Crippen molar-refractivity contribution < 1.29 is 0 Å². The van der Waals surface area contributed by atoms with Crippen LogP contribution in [0.15, 0.2) is 31.0 Å². The van der Waals surface area contributed by atoms with Crippen LogP contribution < -0.4 is 5.32 Å². The van der Waals surface area contributed by atoms with E-state index in [1.165, 1.54) is 30.7 Å². The van der Waals surface area contributed by atoms with E-state index in [0.29, 0.717) is 6.04 Å². The van der Waals surface area contributed by atoms with Gasteiger partial charge in [0.05, 0.1) is 11.9 Å². The monoisotopic (exact) mass is 261 g/mol. The number of thioether (sulfide) groups is 1. The molecule has 1 atom stereocenters. The van der Waals surface area contributed by atoms with E-state index in [4.69, 9.17) is 0 Å². The Morgan fingerprint density at radius 2 is 2.39 bits per heavy atom. The Labute approximate surface area is 110 Å². The smallest absolute Gasteiger partial charge is 0.155 e. The van der Waals surface area contributed by atoms with Gasteiger partial charge in [-0.05, 0) is 30.7 Å². The normalized spacial score (nSPS) is 19.7. The summed E-state index contributed by atoms with van der Waals surface area (Å²) in [6.45, 7) is 0. The largest absolute Gasteiger partial charge is 0.380 e. The van der Waals surface area contributed by atoms with Crippen molar-refractivity contribution in [2.45, 2.75) is 18.9 Å². The molecule has 2 aromatic heterocycles. The summed E-state index contributed by atoms with van der Waals surface area (Å²) >= 11 is 2.02. The molecule has 3 rings (SSSR count). The summed E-state index contributed by atoms with van der Waals surface area (Å²) in [6.07, 6.45) is 7.56. The molecule has 0 aliphatic carbocycles. The van der Waals surface area contributed by atoms with E-state index >= 15 is 0 Å². The first kappa shape index (κ1) is 11.5. The third-order valence-electron chi connectivity index (χ3n) is 2.93. The van der Waals surface area contributed by atoms with Crippen molar-refractivity contribution in [1.29, 1.82) is 0 Å². The zero-order chi connectivity index (χ0) is 12.2. The lowest BCUT2D eigenvalue weighted by Gasteiger charge is -2.23. The van der Waals surface area contributed by atoms with Gasteiger partial charge in [-0.1, -0.05) is 0 Å². The average Bonchev–Trinajstić information content (AvgIpc) is 2.95. The Hall–Kier alpha value is -1.56. The molecule has 94 valence electrons. The van der Waals surface area contributed by atoms with Gasteiger partial charge in [-0.25, -0.2) is 14.6 Å². The van der Waals surface area contributed by atoms with Crippen LogP contribution in [-0.2, 0) is 0 Å². The molecule has 2 aromatic rings. The Kier molecular flexibility index (Phi) is 3.45. The SMILES string of the molecule is c1ncn(-c2ccc(NC3CCCSC3)cn2)n1. The second-order valence-corrected chi connectivity index (χ2v) is 5.45. The van der Waals surface area contributed by atoms with E-state index in [2.05, 4.69) is 20.4 Å². The predicted molar refractivity (Wildman–Crippen MR) is 73.1 cm³/mol. The molecule has 3 heterocycles. The van der Waals surface area contributed by atoms with Gasteiger partial charge < -0.3 is 5.32 Å². The topological polar surface area (TPSA) is 55.6 Å². The third-order valence-corrected chi connectivity index (χ3v) is 4.15. The highest BCUT2D eigenvalue weighted by atomic mass is 32.2. The minimum atomic E-state index is 0.572. The molecule has 0 aromatic carbocycles. The molecule has 1 saturated heterocycles. The van der Waals surface area contributed by atoms with Crippen LogP contribution in [0.4, 0.5) is 5.69 Å². The maximum atomic E-state index is 4.38. The Bertz CT molecular complexity index is 476. The highest BCUT2D eigenvalue weighted by molar-refractivity contribution is 7.99. The minimum absolute atomic E-state index is 0.572. The van der Waals surface area contributed by atoms with Gasteiger partial charge in [0.1, 0.15) is 12.7 Å². The maximum Gasteiger partial charge on any atom is 0.155 e. The Morgan fingerprint density at radius 1 is 1.39 bits per heavy atom. The lowest BCUT2D eigenvalue weighted by molar-refractivity contribution is 0.684. The van der Waals surface area contributed by atoms with Crippen molar-refractivity contribution >= 4 is 17.4 Å². The third kappa shape index (κ3) is 2.64. The van der Waals surface area contributed by atoms with Crippen LogP contribution in [0.1, 0.15) is 12.8 Å². The summed E-state index contributed by atoms with van der Waals surface area (Å²) in [7, 11) is 0. The summed E-state index contributed by atoms with van der Waals surface area (Å²) in [4.78, 5) is 8.29. The van der Waals surface area contributed by atoms with E-state index in [-0.39, 0.29) is 0 Å². The highest BCUT2D eigenvalue weighted by Gasteiger charge is 2.13. The molecular weight excluding hydrogens is 246 g/mol. The standard InChI is InChI=1S/C12H15N5S/c1-2-11(7-18-5-1)16-10-3-4-12(14-6-10)17-9-13-8-15-17/h3-4,6,8-9,11,16H,1-2,5,7H2. The van der Waals surface area contributed by atoms with E-state index in [1.807, 2.05) is 30.1 Å². The van der Waals surface area contributed by atoms with Crippen LogP contribution in [0, 0.1) is 0 Å². The molecule has 0 radical (unpaired) electrons. The van der Waals surface area contributed by atoms with Crippen molar-refractivity contribution in [2.75, 3.05) is 16.8 Å². The molecule has 0 amide bonds. The van der Waals surface area contributed by atoms with Crippen LogP contribution in [0.5, 0.6) is 0 Å². The van der Waals surface area contributed by atoms with Crippen LogP contribution >= 0.6 is 11.8 Å². The molecule has 0 saturated carbocycles. The molecule has 6 heteroatoms. The maximum absolute atomic E-state index is 4.38. The Morgan fingerprint density at radius 3 is 3.06 bits per heavy atom. The van der Waals surface area contributed by atoms with Crippen molar-refractivity contribution in [3.63, 3.8) is 0 Å². The Balaban J connectivity index is 1.67. The molecule has 5 nitrogen and oxygen atoms in total. The van der Waals surface area contributed by atoms with E-state index in [1.54, 1.807) is 11.0 Å². The number of hydrogen-bond acceptors (Lipinski definition) is 5. The second-order valence-electron chi connectivity index (χ2n) is 4.30. The van der Waals surface area contributed by atoms with Gasteiger partial charge in [0.15, 0.2) is 5.82 Å². The summed E-state index contributed by atoms with van der Waals surface area (Å²) in [5.41, 5.74) is 1.08. The molecular formula is C12H15N5S. The first-order chi connectivity index (χ1) is 8.92. The fraction of sp³-hybridized carbons (Fsp3) is 0.417. The lowest BCUT2D eigenvalue weighted by Crippen LogP contribution is -2.25. The lowest BCUT2D eigenvalue weighted by atomic mass is 10.2. The zero-order valence-corrected chi connectivity index (χ0v) is 10.8. The molecule has 18 heavy (non-hydrogen) atoms. The van der Waals surface area contributed by atoms with Gasteiger partial charge >= 0.3 is 0 Å². The van der Waals surface area contributed by atoms with E-state index in [0.717, 1.165) is 11.5 Å². The fourth-order valence-corrected chi connectivity index (χ4v) is 3.10. The minimum Gasteiger partial charge on any atom is -0.380 e.